The van der Waals surface area contributed by atoms with E-state index < -0.39 is 6.10 Å². The van der Waals surface area contributed by atoms with Gasteiger partial charge in [-0.1, -0.05) is 327 Å². The Bertz CT molecular complexity index is 1250. The molecule has 0 N–H and O–H groups in total. The van der Waals surface area contributed by atoms with Crippen LogP contribution < -0.4 is 0 Å². The Labute approximate surface area is 467 Å². The molecule has 0 rings (SSSR count). The van der Waals surface area contributed by atoms with Gasteiger partial charge < -0.3 is 14.2 Å². The molecule has 6 heteroatoms. The molecule has 0 bridgehead atoms. The lowest BCUT2D eigenvalue weighted by Gasteiger charge is -2.18. The summed E-state index contributed by atoms with van der Waals surface area (Å²) in [4.78, 5) is 38.3. The van der Waals surface area contributed by atoms with Crippen LogP contribution in [0.5, 0.6) is 0 Å². The highest BCUT2D eigenvalue weighted by Gasteiger charge is 2.19. The highest BCUT2D eigenvalue weighted by Crippen LogP contribution is 2.18. The number of carbonyl (C=O) groups is 3. The van der Waals surface area contributed by atoms with E-state index in [2.05, 4.69) is 57.2 Å². The molecule has 0 spiro atoms. The van der Waals surface area contributed by atoms with E-state index in [-0.39, 0.29) is 31.1 Å². The van der Waals surface area contributed by atoms with Crippen molar-refractivity contribution in [2.75, 3.05) is 13.2 Å². The lowest BCUT2D eigenvalue weighted by Crippen LogP contribution is -2.30. The minimum absolute atomic E-state index is 0.0661. The van der Waals surface area contributed by atoms with Crippen LogP contribution in [0, 0.1) is 0 Å². The van der Waals surface area contributed by atoms with Crippen molar-refractivity contribution in [3.05, 3.63) is 36.5 Å². The standard InChI is InChI=1S/C69H128O6/c1-4-7-10-13-16-19-22-25-28-29-30-31-32-33-34-35-36-37-38-39-42-44-47-50-53-56-59-62-68(71)74-65-66(75-69(72)63-60-57-54-51-48-45-41-27-24-21-18-15-12-9-6-3)64-73-67(70)61-58-55-52-49-46-43-40-26-23-20-17-14-11-8-5-2/h22,25,29-30,32-33,66H,4-21,23-24,26-28,31,34-65H2,1-3H3/b25-22-,30-29-,33-32-. The van der Waals surface area contributed by atoms with Gasteiger partial charge in [-0.2, -0.15) is 0 Å². The van der Waals surface area contributed by atoms with Crippen LogP contribution in [0.2, 0.25) is 0 Å². The number of esters is 3. The van der Waals surface area contributed by atoms with E-state index in [1.54, 1.807) is 0 Å². The largest absolute Gasteiger partial charge is 0.462 e. The fourth-order valence-electron chi connectivity index (χ4n) is 10.1. The fraction of sp³-hybridized carbons (Fsp3) is 0.870. The van der Waals surface area contributed by atoms with Crippen molar-refractivity contribution in [2.24, 2.45) is 0 Å². The van der Waals surface area contributed by atoms with Crippen LogP contribution in [0.15, 0.2) is 36.5 Å². The molecular weight excluding hydrogens is 925 g/mol. The van der Waals surface area contributed by atoms with E-state index in [9.17, 15) is 14.4 Å². The molecule has 0 radical (unpaired) electrons. The van der Waals surface area contributed by atoms with E-state index in [0.29, 0.717) is 19.3 Å². The van der Waals surface area contributed by atoms with E-state index in [4.69, 9.17) is 14.2 Å². The van der Waals surface area contributed by atoms with E-state index in [1.807, 2.05) is 0 Å². The van der Waals surface area contributed by atoms with E-state index >= 15 is 0 Å². The molecule has 0 amide bonds. The molecule has 0 saturated heterocycles. The molecule has 0 saturated carbocycles. The lowest BCUT2D eigenvalue weighted by molar-refractivity contribution is -0.167. The Kier molecular flexibility index (Phi) is 62.1. The van der Waals surface area contributed by atoms with E-state index in [1.165, 1.54) is 257 Å². The highest BCUT2D eigenvalue weighted by atomic mass is 16.6. The molecule has 0 aliphatic carbocycles. The van der Waals surface area contributed by atoms with Crippen LogP contribution in [-0.2, 0) is 28.6 Å². The second-order valence-corrected chi connectivity index (χ2v) is 22.7. The van der Waals surface area contributed by atoms with Gasteiger partial charge in [0.1, 0.15) is 13.2 Å². The summed E-state index contributed by atoms with van der Waals surface area (Å²) in [6, 6.07) is 0. The Hall–Kier alpha value is -2.37. The first kappa shape index (κ1) is 72.6. The number of unbranched alkanes of at least 4 members (excludes halogenated alkanes) is 45. The zero-order valence-electron chi connectivity index (χ0n) is 50.6. The topological polar surface area (TPSA) is 78.9 Å². The van der Waals surface area contributed by atoms with Crippen LogP contribution in [-0.4, -0.2) is 37.2 Å². The summed E-state index contributed by atoms with van der Waals surface area (Å²) in [5, 5.41) is 0. The monoisotopic (exact) mass is 1050 g/mol. The summed E-state index contributed by atoms with van der Waals surface area (Å²) in [6.45, 7) is 6.69. The van der Waals surface area contributed by atoms with Crippen LogP contribution in [0.25, 0.3) is 0 Å². The second-order valence-electron chi connectivity index (χ2n) is 22.7. The van der Waals surface area contributed by atoms with Crippen molar-refractivity contribution in [1.29, 1.82) is 0 Å². The van der Waals surface area contributed by atoms with Crippen molar-refractivity contribution in [1.82, 2.24) is 0 Å². The molecule has 0 heterocycles. The van der Waals surface area contributed by atoms with Gasteiger partial charge in [-0.05, 0) is 57.8 Å². The number of rotatable bonds is 62. The normalized spacial score (nSPS) is 12.2. The quantitative estimate of drug-likeness (QED) is 0.0261. The minimum atomic E-state index is -0.769. The van der Waals surface area contributed by atoms with Crippen LogP contribution >= 0.6 is 0 Å². The summed E-state index contributed by atoms with van der Waals surface area (Å²) >= 11 is 0. The van der Waals surface area contributed by atoms with E-state index in [0.717, 1.165) is 70.6 Å². The Morgan fingerprint density at radius 2 is 0.480 bits per heavy atom. The predicted octanol–water partition coefficient (Wildman–Crippen LogP) is 22.8. The van der Waals surface area contributed by atoms with Gasteiger partial charge in [0, 0.05) is 19.3 Å². The first-order valence-electron chi connectivity index (χ1n) is 33.5. The lowest BCUT2D eigenvalue weighted by atomic mass is 10.0. The summed E-state index contributed by atoms with van der Waals surface area (Å²) < 4.78 is 17.0. The summed E-state index contributed by atoms with van der Waals surface area (Å²) in [5.74, 6) is -0.840. The smallest absolute Gasteiger partial charge is 0.306 e. The molecule has 6 nitrogen and oxygen atoms in total. The SMILES string of the molecule is CCCCCCC/C=C\C/C=C\C/C=C\CCCCCCCCCCCCCCC(=O)OCC(COC(=O)CCCCCCCCCCCCCCCCC)OC(=O)CCCCCCCCCCCCCCCCC. The van der Waals surface area contributed by atoms with Crippen molar-refractivity contribution in [2.45, 2.75) is 374 Å². The van der Waals surface area contributed by atoms with Gasteiger partial charge in [-0.3, -0.25) is 14.4 Å². The third-order valence-electron chi connectivity index (χ3n) is 15.1. The van der Waals surface area contributed by atoms with Crippen molar-refractivity contribution < 1.29 is 28.6 Å². The van der Waals surface area contributed by atoms with Gasteiger partial charge in [-0.15, -0.1) is 0 Å². The highest BCUT2D eigenvalue weighted by molar-refractivity contribution is 5.71. The van der Waals surface area contributed by atoms with Crippen LogP contribution in [0.3, 0.4) is 0 Å². The average molecular weight is 1050 g/mol. The molecule has 0 aromatic heterocycles. The fourth-order valence-corrected chi connectivity index (χ4v) is 10.1. The van der Waals surface area contributed by atoms with Crippen LogP contribution in [0.1, 0.15) is 367 Å². The molecule has 0 fully saturated rings. The number of carbonyl (C=O) groups excluding carboxylic acids is 3. The van der Waals surface area contributed by atoms with Gasteiger partial charge in [0.15, 0.2) is 6.10 Å². The maximum atomic E-state index is 12.9. The molecule has 0 aromatic rings. The third kappa shape index (κ3) is 62.4. The molecule has 0 aliphatic rings. The Morgan fingerprint density at radius 1 is 0.267 bits per heavy atom. The van der Waals surface area contributed by atoms with Gasteiger partial charge in [0.05, 0.1) is 0 Å². The number of hydrogen-bond donors (Lipinski definition) is 0. The Balaban J connectivity index is 4.23. The maximum Gasteiger partial charge on any atom is 0.306 e. The zero-order valence-corrected chi connectivity index (χ0v) is 50.6. The third-order valence-corrected chi connectivity index (χ3v) is 15.1. The first-order valence-corrected chi connectivity index (χ1v) is 33.5. The maximum absolute atomic E-state index is 12.9. The summed E-state index contributed by atoms with van der Waals surface area (Å²) in [7, 11) is 0. The number of allylic oxidation sites excluding steroid dienone is 6. The van der Waals surface area contributed by atoms with Gasteiger partial charge in [0.25, 0.3) is 0 Å². The van der Waals surface area contributed by atoms with Crippen molar-refractivity contribution in [3.8, 4) is 0 Å². The Morgan fingerprint density at radius 3 is 0.747 bits per heavy atom. The molecule has 0 aromatic carbocycles. The zero-order chi connectivity index (χ0) is 54.3. The van der Waals surface area contributed by atoms with Gasteiger partial charge in [-0.25, -0.2) is 0 Å². The minimum Gasteiger partial charge on any atom is -0.462 e. The summed E-state index contributed by atoms with van der Waals surface area (Å²) in [6.07, 6.45) is 78.7. The first-order chi connectivity index (χ1) is 37.0. The molecular formula is C69H128O6. The molecule has 0 aliphatic heterocycles. The van der Waals surface area contributed by atoms with Crippen molar-refractivity contribution in [3.63, 3.8) is 0 Å². The van der Waals surface area contributed by atoms with Crippen LogP contribution in [0.4, 0.5) is 0 Å². The molecule has 1 atom stereocenters. The van der Waals surface area contributed by atoms with Gasteiger partial charge >= 0.3 is 17.9 Å². The van der Waals surface area contributed by atoms with Crippen molar-refractivity contribution >= 4 is 17.9 Å². The number of hydrogen-bond acceptors (Lipinski definition) is 6. The molecule has 1 unspecified atom stereocenters. The number of ether oxygens (including phenoxy) is 3. The second kappa shape index (κ2) is 64.2. The average Bonchev–Trinajstić information content (AvgIpc) is 3.41. The molecule has 440 valence electrons. The summed E-state index contributed by atoms with van der Waals surface area (Å²) in [5.41, 5.74) is 0. The molecule has 75 heavy (non-hydrogen) atoms. The predicted molar refractivity (Wildman–Crippen MR) is 326 cm³/mol. The van der Waals surface area contributed by atoms with Gasteiger partial charge in [0.2, 0.25) is 0 Å².